The van der Waals surface area contributed by atoms with E-state index in [0.717, 1.165) is 5.19 Å². The number of benzene rings is 1. The molecule has 3 heteroatoms. The maximum absolute atomic E-state index is 11.0. The minimum absolute atomic E-state index is 0.341. The Hall–Kier alpha value is -0.603. The summed E-state index contributed by atoms with van der Waals surface area (Å²) in [5.74, 6) is 0. The molecular formula is C9H11ClOSi. The minimum Gasteiger partial charge on any atom is -0.276 e. The lowest BCUT2D eigenvalue weighted by atomic mass is 10.2. The van der Waals surface area contributed by atoms with Crippen molar-refractivity contribution in [2.45, 2.75) is 13.1 Å². The highest BCUT2D eigenvalue weighted by molar-refractivity contribution is 6.76. The van der Waals surface area contributed by atoms with Crippen LogP contribution in [0.1, 0.15) is 10.4 Å². The van der Waals surface area contributed by atoms with Crippen LogP contribution in [0.4, 0.5) is 0 Å². The first-order chi connectivity index (χ1) is 5.63. The normalized spacial score (nSPS) is 10.3. The summed E-state index contributed by atoms with van der Waals surface area (Å²) in [5, 5.41) is 0.810. The molecule has 0 bridgehead atoms. The third kappa shape index (κ3) is 1.96. The number of hydrogen-bond donors (Lipinski definition) is 0. The first-order valence-electron chi connectivity index (χ1n) is 3.91. The average molecular weight is 199 g/mol. The van der Waals surface area contributed by atoms with E-state index in [4.69, 9.17) is 11.6 Å². The second kappa shape index (κ2) is 3.87. The van der Waals surface area contributed by atoms with Crippen molar-refractivity contribution in [2.24, 2.45) is 0 Å². The molecule has 0 aromatic heterocycles. The average Bonchev–Trinajstić information content (AvgIpc) is 2.04. The first-order valence-corrected chi connectivity index (χ1v) is 7.18. The van der Waals surface area contributed by atoms with Gasteiger partial charge in [0.15, 0.2) is 0 Å². The Kier molecular flexibility index (Phi) is 3.06. The van der Waals surface area contributed by atoms with Crippen LogP contribution in [-0.4, -0.2) is 14.0 Å². The fourth-order valence-corrected chi connectivity index (χ4v) is 2.79. The molecule has 0 aliphatic carbocycles. The molecule has 1 aromatic rings. The molecule has 12 heavy (non-hydrogen) atoms. The molecule has 0 radical (unpaired) electrons. The fraction of sp³-hybridized carbons (Fsp3) is 0.222. The second-order valence-corrected chi connectivity index (χ2v) is 6.29. The van der Waals surface area contributed by atoms with Gasteiger partial charge in [0.1, 0.15) is 0 Å². The summed E-state index contributed by atoms with van der Waals surface area (Å²) >= 11 is 5.44. The van der Waals surface area contributed by atoms with Crippen LogP contribution in [0.3, 0.4) is 0 Å². The Morgan fingerprint density at radius 3 is 2.33 bits per heavy atom. The minimum atomic E-state index is -0.930. The van der Waals surface area contributed by atoms with Gasteiger partial charge in [-0.2, -0.15) is 0 Å². The highest BCUT2D eigenvalue weighted by Crippen LogP contribution is 2.02. The van der Waals surface area contributed by atoms with E-state index < -0.39 is 8.80 Å². The van der Waals surface area contributed by atoms with Crippen molar-refractivity contribution in [3.8, 4) is 0 Å². The van der Waals surface area contributed by atoms with Gasteiger partial charge in [0.2, 0.25) is 0 Å². The summed E-state index contributed by atoms with van der Waals surface area (Å²) in [7, 11) is -0.930. The Labute approximate surface area is 79.0 Å². The molecule has 1 aromatic carbocycles. The maximum Gasteiger partial charge on any atom is 0.252 e. The van der Waals surface area contributed by atoms with Gasteiger partial charge in [-0.15, -0.1) is 0 Å². The van der Waals surface area contributed by atoms with Crippen molar-refractivity contribution in [3.05, 3.63) is 29.8 Å². The number of halogens is 1. The highest BCUT2D eigenvalue weighted by atomic mass is 35.5. The third-order valence-electron chi connectivity index (χ3n) is 1.79. The van der Waals surface area contributed by atoms with Crippen molar-refractivity contribution < 1.29 is 4.79 Å². The number of carbonyl (C=O) groups is 1. The number of rotatable bonds is 2. The third-order valence-corrected chi connectivity index (χ3v) is 3.75. The van der Waals surface area contributed by atoms with Crippen molar-refractivity contribution in [3.63, 3.8) is 0 Å². The molecule has 1 rings (SSSR count). The van der Waals surface area contributed by atoms with Crippen LogP contribution >= 0.6 is 11.6 Å². The van der Waals surface area contributed by atoms with Gasteiger partial charge in [-0.25, -0.2) is 0 Å². The lowest BCUT2D eigenvalue weighted by Gasteiger charge is -2.07. The standard InChI is InChI=1S/C9H11ClOSi/c1-12(2)8-6-4-3-5-7(8)9(10)11/h3-6,12H,1-2H3. The zero-order valence-corrected chi connectivity index (χ0v) is 9.08. The molecule has 0 atom stereocenters. The Bertz CT molecular complexity index is 296. The van der Waals surface area contributed by atoms with E-state index >= 15 is 0 Å². The highest BCUT2D eigenvalue weighted by Gasteiger charge is 2.10. The maximum atomic E-state index is 11.0. The SMILES string of the molecule is C[SiH](C)c1ccccc1C(=O)Cl. The van der Waals surface area contributed by atoms with E-state index in [2.05, 4.69) is 13.1 Å². The van der Waals surface area contributed by atoms with Crippen LogP contribution in [0.15, 0.2) is 24.3 Å². The van der Waals surface area contributed by atoms with Crippen molar-refractivity contribution in [2.75, 3.05) is 0 Å². The quantitative estimate of drug-likeness (QED) is 0.523. The van der Waals surface area contributed by atoms with Gasteiger partial charge >= 0.3 is 0 Å². The van der Waals surface area contributed by atoms with Crippen LogP contribution in [0.5, 0.6) is 0 Å². The topological polar surface area (TPSA) is 17.1 Å². The number of hydrogen-bond acceptors (Lipinski definition) is 1. The van der Waals surface area contributed by atoms with E-state index in [-0.39, 0.29) is 5.24 Å². The van der Waals surface area contributed by atoms with E-state index in [0.29, 0.717) is 5.56 Å². The van der Waals surface area contributed by atoms with Crippen LogP contribution < -0.4 is 5.19 Å². The molecule has 0 aliphatic heterocycles. The van der Waals surface area contributed by atoms with Crippen molar-refractivity contribution in [1.82, 2.24) is 0 Å². The predicted octanol–water partition coefficient (Wildman–Crippen LogP) is 1.76. The summed E-state index contributed by atoms with van der Waals surface area (Å²) in [6.45, 7) is 4.36. The van der Waals surface area contributed by atoms with E-state index in [1.54, 1.807) is 6.07 Å². The Morgan fingerprint density at radius 2 is 1.92 bits per heavy atom. The van der Waals surface area contributed by atoms with Gasteiger partial charge in [-0.3, -0.25) is 4.79 Å². The molecule has 1 nitrogen and oxygen atoms in total. The van der Waals surface area contributed by atoms with Gasteiger partial charge in [-0.1, -0.05) is 42.5 Å². The lowest BCUT2D eigenvalue weighted by Crippen LogP contribution is -2.27. The molecule has 0 unspecified atom stereocenters. The summed E-state index contributed by atoms with van der Waals surface area (Å²) in [6.07, 6.45) is 0. The molecule has 0 fully saturated rings. The molecular weight excluding hydrogens is 188 g/mol. The molecule has 64 valence electrons. The molecule has 0 heterocycles. The van der Waals surface area contributed by atoms with Gasteiger partial charge < -0.3 is 0 Å². The van der Waals surface area contributed by atoms with Gasteiger partial charge in [0, 0.05) is 5.56 Å². The Balaban J connectivity index is 3.17. The molecule has 0 saturated carbocycles. The summed E-state index contributed by atoms with van der Waals surface area (Å²) in [5.41, 5.74) is 0.681. The monoisotopic (exact) mass is 198 g/mol. The Morgan fingerprint density at radius 1 is 1.33 bits per heavy atom. The zero-order valence-electron chi connectivity index (χ0n) is 7.17. The van der Waals surface area contributed by atoms with Gasteiger partial charge in [0.05, 0.1) is 8.80 Å². The summed E-state index contributed by atoms with van der Waals surface area (Å²) in [4.78, 5) is 11.0. The van der Waals surface area contributed by atoms with E-state index in [1.807, 2.05) is 18.2 Å². The molecule has 0 spiro atoms. The van der Waals surface area contributed by atoms with Gasteiger partial charge in [-0.05, 0) is 11.6 Å². The lowest BCUT2D eigenvalue weighted by molar-refractivity contribution is 0.108. The van der Waals surface area contributed by atoms with Crippen LogP contribution in [0.2, 0.25) is 13.1 Å². The largest absolute Gasteiger partial charge is 0.276 e. The number of carbonyl (C=O) groups excluding carboxylic acids is 1. The molecule has 0 aliphatic rings. The predicted molar refractivity (Wildman–Crippen MR) is 55.1 cm³/mol. The summed E-state index contributed by atoms with van der Waals surface area (Å²) in [6, 6.07) is 7.58. The smallest absolute Gasteiger partial charge is 0.252 e. The first kappa shape index (κ1) is 9.48. The summed E-state index contributed by atoms with van der Waals surface area (Å²) < 4.78 is 0. The van der Waals surface area contributed by atoms with Crippen molar-refractivity contribution >= 4 is 30.8 Å². The second-order valence-electron chi connectivity index (χ2n) is 3.02. The van der Waals surface area contributed by atoms with Crippen LogP contribution in [0.25, 0.3) is 0 Å². The molecule has 0 amide bonds. The van der Waals surface area contributed by atoms with Crippen molar-refractivity contribution in [1.29, 1.82) is 0 Å². The van der Waals surface area contributed by atoms with E-state index in [9.17, 15) is 4.79 Å². The van der Waals surface area contributed by atoms with Crippen LogP contribution in [-0.2, 0) is 0 Å². The van der Waals surface area contributed by atoms with Crippen LogP contribution in [0, 0.1) is 0 Å². The molecule has 0 N–H and O–H groups in total. The van der Waals surface area contributed by atoms with Gasteiger partial charge in [0.25, 0.3) is 5.24 Å². The molecule has 0 saturated heterocycles. The fourth-order valence-electron chi connectivity index (χ4n) is 1.18. The van der Waals surface area contributed by atoms with E-state index in [1.165, 1.54) is 0 Å². The zero-order chi connectivity index (χ0) is 9.14.